The van der Waals surface area contributed by atoms with E-state index in [4.69, 9.17) is 5.11 Å². The summed E-state index contributed by atoms with van der Waals surface area (Å²) in [5.41, 5.74) is 0. The SMILES string of the molecule is CC(O)CCC(=O)N(C)c1ccccn1. The van der Waals surface area contributed by atoms with Crippen molar-refractivity contribution in [2.75, 3.05) is 11.9 Å². The topological polar surface area (TPSA) is 53.4 Å². The van der Waals surface area contributed by atoms with Crippen molar-refractivity contribution in [2.45, 2.75) is 25.9 Å². The third-order valence-corrected chi connectivity index (χ3v) is 2.14. The van der Waals surface area contributed by atoms with E-state index in [1.165, 1.54) is 4.90 Å². The van der Waals surface area contributed by atoms with Crippen molar-refractivity contribution >= 4 is 11.7 Å². The minimum absolute atomic E-state index is 0.0328. The number of nitrogens with zero attached hydrogens (tertiary/aromatic N) is 2. The summed E-state index contributed by atoms with van der Waals surface area (Å²) in [5, 5.41) is 9.07. The first-order valence-corrected chi connectivity index (χ1v) is 4.97. The molecule has 1 aromatic heterocycles. The van der Waals surface area contributed by atoms with E-state index in [0.29, 0.717) is 18.7 Å². The van der Waals surface area contributed by atoms with Gasteiger partial charge in [-0.2, -0.15) is 0 Å². The summed E-state index contributed by atoms with van der Waals surface area (Å²) in [4.78, 5) is 17.2. The van der Waals surface area contributed by atoms with Gasteiger partial charge in [0.15, 0.2) is 0 Å². The van der Waals surface area contributed by atoms with Gasteiger partial charge >= 0.3 is 0 Å². The molecular weight excluding hydrogens is 192 g/mol. The summed E-state index contributed by atoms with van der Waals surface area (Å²) >= 11 is 0. The van der Waals surface area contributed by atoms with Crippen LogP contribution in [0.5, 0.6) is 0 Å². The maximum absolute atomic E-state index is 11.6. The molecule has 0 radical (unpaired) electrons. The van der Waals surface area contributed by atoms with Gasteiger partial charge in [0.2, 0.25) is 5.91 Å². The first kappa shape index (κ1) is 11.7. The van der Waals surface area contributed by atoms with E-state index in [1.54, 1.807) is 32.3 Å². The molecule has 1 unspecified atom stereocenters. The molecule has 0 fully saturated rings. The second kappa shape index (κ2) is 5.46. The van der Waals surface area contributed by atoms with Gasteiger partial charge in [-0.05, 0) is 25.5 Å². The molecule has 0 aliphatic heterocycles. The van der Waals surface area contributed by atoms with Crippen LogP contribution in [0.15, 0.2) is 24.4 Å². The zero-order valence-corrected chi connectivity index (χ0v) is 9.05. The normalized spacial score (nSPS) is 12.2. The lowest BCUT2D eigenvalue weighted by molar-refractivity contribution is -0.118. The van der Waals surface area contributed by atoms with Crippen molar-refractivity contribution in [1.29, 1.82) is 0 Å². The number of carbonyl (C=O) groups is 1. The molecule has 0 saturated heterocycles. The van der Waals surface area contributed by atoms with Gasteiger partial charge in [-0.1, -0.05) is 6.07 Å². The number of anilines is 1. The lowest BCUT2D eigenvalue weighted by Crippen LogP contribution is -2.27. The molecule has 1 atom stereocenters. The minimum atomic E-state index is -0.439. The molecule has 0 spiro atoms. The maximum atomic E-state index is 11.6. The Bertz CT molecular complexity index is 312. The van der Waals surface area contributed by atoms with Crippen LogP contribution >= 0.6 is 0 Å². The highest BCUT2D eigenvalue weighted by Crippen LogP contribution is 2.09. The molecule has 1 rings (SSSR count). The molecule has 82 valence electrons. The van der Waals surface area contributed by atoms with Gasteiger partial charge in [0, 0.05) is 19.7 Å². The molecule has 15 heavy (non-hydrogen) atoms. The summed E-state index contributed by atoms with van der Waals surface area (Å²) in [6, 6.07) is 5.42. The Morgan fingerprint density at radius 3 is 2.87 bits per heavy atom. The van der Waals surface area contributed by atoms with Crippen molar-refractivity contribution in [3.8, 4) is 0 Å². The average molecular weight is 208 g/mol. The predicted molar refractivity (Wildman–Crippen MR) is 58.6 cm³/mol. The van der Waals surface area contributed by atoms with Gasteiger partial charge in [0.1, 0.15) is 5.82 Å². The Morgan fingerprint density at radius 1 is 1.60 bits per heavy atom. The number of hydrogen-bond donors (Lipinski definition) is 1. The second-order valence-corrected chi connectivity index (χ2v) is 3.53. The Kier molecular flexibility index (Phi) is 4.24. The van der Waals surface area contributed by atoms with E-state index in [1.807, 2.05) is 6.07 Å². The van der Waals surface area contributed by atoms with Gasteiger partial charge in [-0.25, -0.2) is 4.98 Å². The number of pyridine rings is 1. The molecule has 1 N–H and O–H groups in total. The van der Waals surface area contributed by atoms with Crippen LogP contribution in [-0.2, 0) is 4.79 Å². The van der Waals surface area contributed by atoms with Crippen LogP contribution in [0.4, 0.5) is 5.82 Å². The van der Waals surface area contributed by atoms with Gasteiger partial charge in [0.25, 0.3) is 0 Å². The fourth-order valence-corrected chi connectivity index (χ4v) is 1.18. The number of hydrogen-bond acceptors (Lipinski definition) is 3. The first-order chi connectivity index (χ1) is 7.11. The lowest BCUT2D eigenvalue weighted by atomic mass is 10.2. The molecular formula is C11H16N2O2. The van der Waals surface area contributed by atoms with Crippen LogP contribution in [0.1, 0.15) is 19.8 Å². The monoisotopic (exact) mass is 208 g/mol. The van der Waals surface area contributed by atoms with Crippen molar-refractivity contribution in [3.63, 3.8) is 0 Å². The lowest BCUT2D eigenvalue weighted by Gasteiger charge is -2.16. The quantitative estimate of drug-likeness (QED) is 0.809. The van der Waals surface area contributed by atoms with Crippen LogP contribution in [0.25, 0.3) is 0 Å². The van der Waals surface area contributed by atoms with Crippen LogP contribution in [-0.4, -0.2) is 29.1 Å². The van der Waals surface area contributed by atoms with E-state index in [-0.39, 0.29) is 5.91 Å². The number of carbonyl (C=O) groups excluding carboxylic acids is 1. The summed E-state index contributed by atoms with van der Waals surface area (Å²) in [5.74, 6) is 0.600. The zero-order valence-electron chi connectivity index (χ0n) is 9.05. The van der Waals surface area contributed by atoms with Crippen LogP contribution in [0.2, 0.25) is 0 Å². The molecule has 0 saturated carbocycles. The van der Waals surface area contributed by atoms with Gasteiger partial charge in [-0.15, -0.1) is 0 Å². The van der Waals surface area contributed by atoms with Gasteiger partial charge < -0.3 is 5.11 Å². The number of aliphatic hydroxyl groups is 1. The second-order valence-electron chi connectivity index (χ2n) is 3.53. The summed E-state index contributed by atoms with van der Waals surface area (Å²) in [7, 11) is 1.69. The molecule has 0 bridgehead atoms. The number of amides is 1. The maximum Gasteiger partial charge on any atom is 0.227 e. The highest BCUT2D eigenvalue weighted by atomic mass is 16.3. The molecule has 1 amide bonds. The summed E-state index contributed by atoms with van der Waals surface area (Å²) < 4.78 is 0. The zero-order chi connectivity index (χ0) is 11.3. The number of rotatable bonds is 4. The van der Waals surface area contributed by atoms with E-state index in [2.05, 4.69) is 4.98 Å². The van der Waals surface area contributed by atoms with Crippen LogP contribution in [0, 0.1) is 0 Å². The fraction of sp³-hybridized carbons (Fsp3) is 0.455. The Morgan fingerprint density at radius 2 is 2.33 bits per heavy atom. The van der Waals surface area contributed by atoms with Crippen molar-refractivity contribution in [2.24, 2.45) is 0 Å². The number of aliphatic hydroxyl groups excluding tert-OH is 1. The minimum Gasteiger partial charge on any atom is -0.393 e. The largest absolute Gasteiger partial charge is 0.393 e. The van der Waals surface area contributed by atoms with Crippen LogP contribution in [0.3, 0.4) is 0 Å². The molecule has 1 heterocycles. The summed E-state index contributed by atoms with van der Waals surface area (Å²) in [6.45, 7) is 1.67. The number of aromatic nitrogens is 1. The highest BCUT2D eigenvalue weighted by Gasteiger charge is 2.11. The van der Waals surface area contributed by atoms with E-state index >= 15 is 0 Å². The molecule has 4 heteroatoms. The molecule has 0 aliphatic rings. The Balaban J connectivity index is 2.54. The van der Waals surface area contributed by atoms with Gasteiger partial charge in [0.05, 0.1) is 6.10 Å². The smallest absolute Gasteiger partial charge is 0.227 e. The van der Waals surface area contributed by atoms with E-state index in [9.17, 15) is 4.79 Å². The molecule has 4 nitrogen and oxygen atoms in total. The third-order valence-electron chi connectivity index (χ3n) is 2.14. The van der Waals surface area contributed by atoms with Crippen LogP contribution < -0.4 is 4.90 Å². The first-order valence-electron chi connectivity index (χ1n) is 4.97. The predicted octanol–water partition coefficient (Wildman–Crippen LogP) is 1.21. The standard InChI is InChI=1S/C11H16N2O2/c1-9(14)6-7-11(15)13(2)10-5-3-4-8-12-10/h3-5,8-9,14H,6-7H2,1-2H3. The molecule has 1 aromatic rings. The van der Waals surface area contributed by atoms with Gasteiger partial charge in [-0.3, -0.25) is 9.69 Å². The molecule has 0 aromatic carbocycles. The van der Waals surface area contributed by atoms with Crippen molar-refractivity contribution in [1.82, 2.24) is 4.98 Å². The average Bonchev–Trinajstić information content (AvgIpc) is 2.26. The fourth-order valence-electron chi connectivity index (χ4n) is 1.18. The van der Waals surface area contributed by atoms with Crippen molar-refractivity contribution < 1.29 is 9.90 Å². The van der Waals surface area contributed by atoms with E-state index in [0.717, 1.165) is 0 Å². The Hall–Kier alpha value is -1.42. The highest BCUT2D eigenvalue weighted by molar-refractivity contribution is 5.91. The van der Waals surface area contributed by atoms with Crippen molar-refractivity contribution in [3.05, 3.63) is 24.4 Å². The third kappa shape index (κ3) is 3.67. The van der Waals surface area contributed by atoms with E-state index < -0.39 is 6.10 Å². The summed E-state index contributed by atoms with van der Waals surface area (Å²) in [6.07, 6.45) is 2.03. The Labute approximate surface area is 89.6 Å². The molecule has 0 aliphatic carbocycles.